The fraction of sp³-hybridized carbons (Fsp3) is 0.417. The molecule has 1 heterocycles. The van der Waals surface area contributed by atoms with Gasteiger partial charge in [0.1, 0.15) is 0 Å². The van der Waals surface area contributed by atoms with Crippen LogP contribution in [0.2, 0.25) is 0 Å². The number of guanidine groups is 1. The molecule has 30 heavy (non-hydrogen) atoms. The van der Waals surface area contributed by atoms with Crippen LogP contribution in [0.4, 0.5) is 0 Å². The topological polar surface area (TPSA) is 66.0 Å². The Labute approximate surface area is 179 Å². The lowest BCUT2D eigenvalue weighted by Gasteiger charge is -2.20. The standard InChI is InChI=1S/C24H32N4O2/c1-25-24(27-17-22(30-2)21-11-7-4-8-12-21)26-16-20-15-23(29)28(18-20)14-13-19-9-5-3-6-10-19/h3-12,20,22H,13-18H2,1-2H3,(H2,25,26,27). The Hall–Kier alpha value is -2.86. The van der Waals surface area contributed by atoms with Gasteiger partial charge in [0.15, 0.2) is 5.96 Å². The van der Waals surface area contributed by atoms with Crippen LogP contribution in [0.25, 0.3) is 0 Å². The van der Waals surface area contributed by atoms with E-state index in [-0.39, 0.29) is 12.0 Å². The molecule has 0 aromatic heterocycles. The molecule has 0 aliphatic carbocycles. The summed E-state index contributed by atoms with van der Waals surface area (Å²) < 4.78 is 5.60. The average Bonchev–Trinajstić information content (AvgIpc) is 3.15. The number of nitrogens with zero attached hydrogens (tertiary/aromatic N) is 2. The normalized spacial score (nSPS) is 17.8. The highest BCUT2D eigenvalue weighted by molar-refractivity contribution is 5.80. The SMILES string of the molecule is CN=C(NCC1CC(=O)N(CCc2ccccc2)C1)NCC(OC)c1ccccc1. The number of nitrogens with one attached hydrogen (secondary N) is 2. The van der Waals surface area contributed by atoms with Crippen LogP contribution in [0.1, 0.15) is 23.7 Å². The maximum atomic E-state index is 12.4. The van der Waals surface area contributed by atoms with E-state index < -0.39 is 0 Å². The molecule has 1 saturated heterocycles. The zero-order valence-corrected chi connectivity index (χ0v) is 17.9. The second-order valence-corrected chi connectivity index (χ2v) is 7.61. The number of amides is 1. The van der Waals surface area contributed by atoms with Gasteiger partial charge >= 0.3 is 0 Å². The van der Waals surface area contributed by atoms with Crippen molar-refractivity contribution in [2.24, 2.45) is 10.9 Å². The van der Waals surface area contributed by atoms with Crippen molar-refractivity contribution in [2.75, 3.05) is 40.3 Å². The van der Waals surface area contributed by atoms with Crippen molar-refractivity contribution < 1.29 is 9.53 Å². The molecule has 0 spiro atoms. The van der Waals surface area contributed by atoms with E-state index in [9.17, 15) is 4.79 Å². The lowest BCUT2D eigenvalue weighted by Crippen LogP contribution is -2.42. The molecule has 2 unspecified atom stereocenters. The third-order valence-electron chi connectivity index (χ3n) is 5.50. The molecule has 1 fully saturated rings. The van der Waals surface area contributed by atoms with E-state index in [1.807, 2.05) is 41.3 Å². The highest BCUT2D eigenvalue weighted by Gasteiger charge is 2.29. The molecule has 1 aliphatic rings. The molecule has 2 aromatic carbocycles. The van der Waals surface area contributed by atoms with Gasteiger partial charge in [-0.2, -0.15) is 0 Å². The van der Waals surface area contributed by atoms with Crippen molar-refractivity contribution in [1.29, 1.82) is 0 Å². The first kappa shape index (κ1) is 21.8. The molecule has 6 nitrogen and oxygen atoms in total. The van der Waals surface area contributed by atoms with Crippen LogP contribution in [0, 0.1) is 5.92 Å². The summed E-state index contributed by atoms with van der Waals surface area (Å²) in [7, 11) is 3.47. The van der Waals surface area contributed by atoms with Crippen molar-refractivity contribution in [3.63, 3.8) is 0 Å². The minimum Gasteiger partial charge on any atom is -0.375 e. The minimum absolute atomic E-state index is 0.0497. The van der Waals surface area contributed by atoms with Gasteiger partial charge in [-0.3, -0.25) is 9.79 Å². The number of rotatable bonds is 9. The van der Waals surface area contributed by atoms with Crippen LogP contribution in [0.15, 0.2) is 65.7 Å². The van der Waals surface area contributed by atoms with Gasteiger partial charge in [-0.15, -0.1) is 0 Å². The predicted molar refractivity (Wildman–Crippen MR) is 120 cm³/mol. The van der Waals surface area contributed by atoms with E-state index in [1.54, 1.807) is 14.2 Å². The van der Waals surface area contributed by atoms with Gasteiger partial charge < -0.3 is 20.3 Å². The summed E-state index contributed by atoms with van der Waals surface area (Å²) in [5.74, 6) is 1.26. The maximum absolute atomic E-state index is 12.4. The smallest absolute Gasteiger partial charge is 0.223 e. The van der Waals surface area contributed by atoms with E-state index in [0.29, 0.717) is 18.9 Å². The molecule has 2 atom stereocenters. The number of carbonyl (C=O) groups is 1. The number of hydrogen-bond donors (Lipinski definition) is 2. The first-order valence-electron chi connectivity index (χ1n) is 10.5. The summed E-state index contributed by atoms with van der Waals surface area (Å²) in [5.41, 5.74) is 2.39. The third-order valence-corrected chi connectivity index (χ3v) is 5.50. The van der Waals surface area contributed by atoms with Crippen LogP contribution in [0.3, 0.4) is 0 Å². The Bertz CT molecular complexity index is 810. The maximum Gasteiger partial charge on any atom is 0.223 e. The van der Waals surface area contributed by atoms with Gasteiger partial charge in [0.05, 0.1) is 6.10 Å². The highest BCUT2D eigenvalue weighted by Crippen LogP contribution is 2.18. The molecule has 0 radical (unpaired) electrons. The number of aliphatic imine (C=N–C) groups is 1. The summed E-state index contributed by atoms with van der Waals surface area (Å²) in [6, 6.07) is 20.4. The first-order chi connectivity index (χ1) is 14.7. The number of hydrogen-bond acceptors (Lipinski definition) is 3. The van der Waals surface area contributed by atoms with Crippen LogP contribution in [-0.2, 0) is 16.0 Å². The monoisotopic (exact) mass is 408 g/mol. The van der Waals surface area contributed by atoms with Gasteiger partial charge in [0, 0.05) is 52.7 Å². The quantitative estimate of drug-likeness (QED) is 0.495. The van der Waals surface area contributed by atoms with Gasteiger partial charge in [-0.1, -0.05) is 60.7 Å². The van der Waals surface area contributed by atoms with Crippen LogP contribution in [0.5, 0.6) is 0 Å². The predicted octanol–water partition coefficient (Wildman–Crippen LogP) is 2.63. The van der Waals surface area contributed by atoms with Gasteiger partial charge in [0.25, 0.3) is 0 Å². The molecular formula is C24H32N4O2. The lowest BCUT2D eigenvalue weighted by molar-refractivity contribution is -0.127. The molecule has 0 saturated carbocycles. The molecule has 2 N–H and O–H groups in total. The molecule has 1 aliphatic heterocycles. The Kier molecular flexibility index (Phi) is 8.27. The molecule has 0 bridgehead atoms. The third kappa shape index (κ3) is 6.32. The Morgan fingerprint density at radius 2 is 1.83 bits per heavy atom. The number of benzene rings is 2. The fourth-order valence-electron chi connectivity index (χ4n) is 3.77. The Morgan fingerprint density at radius 1 is 1.13 bits per heavy atom. The molecule has 3 rings (SSSR count). The van der Waals surface area contributed by atoms with E-state index >= 15 is 0 Å². The van der Waals surface area contributed by atoms with Crippen molar-refractivity contribution in [2.45, 2.75) is 18.9 Å². The highest BCUT2D eigenvalue weighted by atomic mass is 16.5. The minimum atomic E-state index is -0.0497. The van der Waals surface area contributed by atoms with E-state index in [0.717, 1.165) is 37.6 Å². The first-order valence-corrected chi connectivity index (χ1v) is 10.5. The van der Waals surface area contributed by atoms with E-state index in [4.69, 9.17) is 4.74 Å². The molecule has 2 aromatic rings. The second-order valence-electron chi connectivity index (χ2n) is 7.61. The Morgan fingerprint density at radius 3 is 2.50 bits per heavy atom. The van der Waals surface area contributed by atoms with Gasteiger partial charge in [-0.05, 0) is 17.5 Å². The molecule has 6 heteroatoms. The Balaban J connectivity index is 1.42. The lowest BCUT2D eigenvalue weighted by atomic mass is 10.1. The summed E-state index contributed by atoms with van der Waals surface area (Å²) in [6.07, 6.45) is 1.43. The van der Waals surface area contributed by atoms with Crippen LogP contribution >= 0.6 is 0 Å². The number of methoxy groups -OCH3 is 1. The van der Waals surface area contributed by atoms with Crippen molar-refractivity contribution in [1.82, 2.24) is 15.5 Å². The number of likely N-dealkylation sites (tertiary alicyclic amines) is 1. The second kappa shape index (κ2) is 11.4. The summed E-state index contributed by atoms with van der Waals surface area (Å²) in [4.78, 5) is 18.6. The number of carbonyl (C=O) groups excluding carboxylic acids is 1. The number of ether oxygens (including phenoxy) is 1. The molecular weight excluding hydrogens is 376 g/mol. The summed E-state index contributed by atoms with van der Waals surface area (Å²) in [6.45, 7) is 2.91. The van der Waals surface area contributed by atoms with Crippen LogP contribution < -0.4 is 10.6 Å². The van der Waals surface area contributed by atoms with Crippen molar-refractivity contribution in [3.8, 4) is 0 Å². The largest absolute Gasteiger partial charge is 0.375 e. The summed E-state index contributed by atoms with van der Waals surface area (Å²) >= 11 is 0. The van der Waals surface area contributed by atoms with Crippen molar-refractivity contribution >= 4 is 11.9 Å². The van der Waals surface area contributed by atoms with E-state index in [2.05, 4.69) is 39.9 Å². The van der Waals surface area contributed by atoms with Crippen molar-refractivity contribution in [3.05, 3.63) is 71.8 Å². The summed E-state index contributed by atoms with van der Waals surface area (Å²) in [5, 5.41) is 6.69. The molecule has 1 amide bonds. The average molecular weight is 409 g/mol. The van der Waals surface area contributed by atoms with E-state index in [1.165, 1.54) is 5.56 Å². The zero-order valence-electron chi connectivity index (χ0n) is 17.9. The van der Waals surface area contributed by atoms with Crippen LogP contribution in [-0.4, -0.2) is 57.1 Å². The van der Waals surface area contributed by atoms with Gasteiger partial charge in [0.2, 0.25) is 5.91 Å². The zero-order chi connectivity index (χ0) is 21.2. The molecule has 160 valence electrons. The van der Waals surface area contributed by atoms with Gasteiger partial charge in [-0.25, -0.2) is 0 Å². The fourth-order valence-corrected chi connectivity index (χ4v) is 3.77.